The van der Waals surface area contributed by atoms with Crippen molar-refractivity contribution in [3.05, 3.63) is 81.4 Å². The summed E-state index contributed by atoms with van der Waals surface area (Å²) in [6.45, 7) is 0. The van der Waals surface area contributed by atoms with Gasteiger partial charge in [0.05, 0.1) is 17.0 Å². The van der Waals surface area contributed by atoms with E-state index in [0.29, 0.717) is 6.07 Å². The number of hydrogen-bond acceptors (Lipinski definition) is 6. The zero-order valence-electron chi connectivity index (χ0n) is 13.0. The third-order valence-electron chi connectivity index (χ3n) is 3.27. The fraction of sp³-hybridized carbons (Fsp3) is 0. The molecule has 1 aromatic carbocycles. The Morgan fingerprint density at radius 2 is 1.50 bits per heavy atom. The molecule has 0 spiro atoms. The van der Waals surface area contributed by atoms with Gasteiger partial charge in [-0.1, -0.05) is 24.3 Å². The number of aromatic carboxylic acids is 1. The summed E-state index contributed by atoms with van der Waals surface area (Å²) >= 11 is 0. The number of aromatic nitrogens is 4. The Morgan fingerprint density at radius 1 is 0.962 bits per heavy atom. The molecule has 26 heavy (non-hydrogen) atoms. The van der Waals surface area contributed by atoms with Crippen molar-refractivity contribution in [1.29, 1.82) is 0 Å². The summed E-state index contributed by atoms with van der Waals surface area (Å²) in [4.78, 5) is 44.2. The maximum atomic E-state index is 10.4. The molecular weight excluding hydrogens is 388 g/mol. The molecule has 4 aromatic rings. The van der Waals surface area contributed by atoms with Crippen LogP contribution in [0.2, 0.25) is 0 Å². The monoisotopic (exact) mass is 397 g/mol. The van der Waals surface area contributed by atoms with Gasteiger partial charge in [0.25, 0.3) is 0 Å². The van der Waals surface area contributed by atoms with E-state index in [1.54, 1.807) is 17.4 Å². The summed E-state index contributed by atoms with van der Waals surface area (Å²) in [6.07, 6.45) is 3.60. The van der Waals surface area contributed by atoms with Gasteiger partial charge < -0.3 is 19.9 Å². The predicted molar refractivity (Wildman–Crippen MR) is 88.0 cm³/mol. The number of carboxylic acid groups (broad SMARTS) is 1. The van der Waals surface area contributed by atoms with Gasteiger partial charge in [-0.15, -0.1) is 0 Å². The minimum atomic E-state index is -1.65. The standard InChI is InChI=1S/C12H8N2.C5H4N2O4.Cu/c1-3-9-5-6-10-4-2-8-14-12(10)11(9)13-7-1;8-3-1-2(4(9)10)6-5(11)7-3;/h1-8H;1H,(H3,6,7,8,9,10,11);/q;;+2/p-2. The van der Waals surface area contributed by atoms with Gasteiger partial charge in [-0.25, -0.2) is 0 Å². The summed E-state index contributed by atoms with van der Waals surface area (Å²) in [6, 6.07) is 12.8. The molecule has 0 saturated carbocycles. The van der Waals surface area contributed by atoms with Crippen molar-refractivity contribution in [2.75, 3.05) is 0 Å². The quantitative estimate of drug-likeness (QED) is 0.348. The summed E-state index contributed by atoms with van der Waals surface area (Å²) < 4.78 is 0. The number of H-pyrrole nitrogens is 1. The van der Waals surface area contributed by atoms with E-state index in [0.717, 1.165) is 21.8 Å². The number of nitrogens with zero attached hydrogens (tertiary/aromatic N) is 3. The number of fused-ring (bicyclic) bond motifs is 3. The largest absolute Gasteiger partial charge is 2.00 e. The molecule has 0 aliphatic heterocycles. The van der Waals surface area contributed by atoms with Gasteiger partial charge in [-0.05, 0) is 23.9 Å². The van der Waals surface area contributed by atoms with Gasteiger partial charge in [0.2, 0.25) is 0 Å². The molecule has 0 aliphatic rings. The molecule has 0 amide bonds. The van der Waals surface area contributed by atoms with Crippen LogP contribution >= 0.6 is 0 Å². The van der Waals surface area contributed by atoms with E-state index in [2.05, 4.69) is 39.2 Å². The van der Waals surface area contributed by atoms with Crippen LogP contribution in [-0.2, 0) is 17.1 Å². The molecular formula is C17H10CuN4O4. The van der Waals surface area contributed by atoms with Gasteiger partial charge in [0.1, 0.15) is 0 Å². The predicted octanol–water partition coefficient (Wildman–Crippen LogP) is -0.164. The topological polar surface area (TPSA) is 130 Å². The SMILES string of the molecule is O=C([O-])c1cc(=O)[nH]c(=O)[n-]1.[Cu+2].c1cnc2c(c1)ccc1cccnc12. The molecule has 8 nitrogen and oxygen atoms in total. The van der Waals surface area contributed by atoms with E-state index in [-0.39, 0.29) is 17.1 Å². The molecule has 0 fully saturated rings. The maximum Gasteiger partial charge on any atom is 2.00 e. The second-order valence-corrected chi connectivity index (χ2v) is 4.94. The second-order valence-electron chi connectivity index (χ2n) is 4.94. The molecule has 3 aromatic heterocycles. The van der Waals surface area contributed by atoms with Gasteiger partial charge in [0.15, 0.2) is 11.2 Å². The van der Waals surface area contributed by atoms with E-state index >= 15 is 0 Å². The Bertz CT molecular complexity index is 1100. The fourth-order valence-corrected chi connectivity index (χ4v) is 2.22. The number of benzene rings is 1. The fourth-order valence-electron chi connectivity index (χ4n) is 2.22. The Kier molecular flexibility index (Phi) is 6.00. The van der Waals surface area contributed by atoms with Crippen molar-refractivity contribution in [3.8, 4) is 0 Å². The van der Waals surface area contributed by atoms with Gasteiger partial charge >= 0.3 is 17.1 Å². The molecule has 0 atom stereocenters. The van der Waals surface area contributed by atoms with Crippen LogP contribution in [0, 0.1) is 0 Å². The minimum Gasteiger partial charge on any atom is -0.545 e. The number of nitrogens with one attached hydrogen (secondary N) is 1. The van der Waals surface area contributed by atoms with E-state index < -0.39 is 22.9 Å². The number of carbonyl (C=O) groups is 1. The van der Waals surface area contributed by atoms with Gasteiger partial charge in [0, 0.05) is 23.2 Å². The number of hydrogen-bond donors (Lipinski definition) is 1. The van der Waals surface area contributed by atoms with Gasteiger partial charge in [-0.3, -0.25) is 19.6 Å². The van der Waals surface area contributed by atoms with Crippen LogP contribution in [0.5, 0.6) is 0 Å². The number of rotatable bonds is 1. The first kappa shape index (κ1) is 19.0. The zero-order chi connectivity index (χ0) is 17.8. The molecule has 3 heterocycles. The first-order valence-corrected chi connectivity index (χ1v) is 7.13. The molecule has 133 valence electrons. The van der Waals surface area contributed by atoms with Crippen molar-refractivity contribution in [1.82, 2.24) is 19.9 Å². The number of carbonyl (C=O) groups excluding carboxylic acids is 1. The van der Waals surface area contributed by atoms with Crippen LogP contribution in [-0.4, -0.2) is 20.9 Å². The van der Waals surface area contributed by atoms with Gasteiger partial charge in [-0.2, -0.15) is 0 Å². The Balaban J connectivity index is 0.000000186. The molecule has 9 heteroatoms. The average molecular weight is 398 g/mol. The third-order valence-corrected chi connectivity index (χ3v) is 3.27. The summed E-state index contributed by atoms with van der Waals surface area (Å²) in [5, 5.41) is 12.3. The van der Waals surface area contributed by atoms with Crippen molar-refractivity contribution >= 4 is 27.8 Å². The molecule has 0 unspecified atom stereocenters. The van der Waals surface area contributed by atoms with Crippen molar-refractivity contribution in [3.63, 3.8) is 0 Å². The van der Waals surface area contributed by atoms with Crippen LogP contribution in [0.25, 0.3) is 21.8 Å². The normalized spacial score (nSPS) is 9.85. The van der Waals surface area contributed by atoms with Crippen LogP contribution in [0.3, 0.4) is 0 Å². The third kappa shape index (κ3) is 4.21. The van der Waals surface area contributed by atoms with E-state index in [4.69, 9.17) is 0 Å². The molecule has 1 radical (unpaired) electrons. The van der Waals surface area contributed by atoms with Crippen molar-refractivity contribution in [2.45, 2.75) is 0 Å². The average Bonchev–Trinajstić information content (AvgIpc) is 2.61. The molecule has 0 bridgehead atoms. The Morgan fingerprint density at radius 3 is 1.96 bits per heavy atom. The van der Waals surface area contributed by atoms with E-state index in [9.17, 15) is 19.5 Å². The number of carboxylic acids is 1. The second kappa shape index (κ2) is 8.19. The van der Waals surface area contributed by atoms with Crippen molar-refractivity contribution in [2.24, 2.45) is 0 Å². The summed E-state index contributed by atoms with van der Waals surface area (Å²) in [5.41, 5.74) is -0.490. The minimum absolute atomic E-state index is 0. The van der Waals surface area contributed by atoms with Crippen molar-refractivity contribution < 1.29 is 27.0 Å². The maximum absolute atomic E-state index is 10.4. The molecule has 4 rings (SSSR count). The number of pyridine rings is 2. The zero-order valence-corrected chi connectivity index (χ0v) is 13.9. The summed E-state index contributed by atoms with van der Waals surface area (Å²) in [5.74, 6) is -1.65. The van der Waals surface area contributed by atoms with E-state index in [1.807, 2.05) is 12.1 Å². The molecule has 0 saturated heterocycles. The molecule has 1 N–H and O–H groups in total. The first-order valence-electron chi connectivity index (χ1n) is 7.13. The smallest absolute Gasteiger partial charge is 0.545 e. The van der Waals surface area contributed by atoms with E-state index in [1.165, 1.54) is 0 Å². The van der Waals surface area contributed by atoms with Crippen LogP contribution in [0.4, 0.5) is 0 Å². The summed E-state index contributed by atoms with van der Waals surface area (Å²) in [7, 11) is 0. The molecule has 0 aliphatic carbocycles. The van der Waals surface area contributed by atoms with Crippen LogP contribution in [0.1, 0.15) is 10.5 Å². The van der Waals surface area contributed by atoms with Crippen LogP contribution < -0.4 is 21.3 Å². The number of aromatic amines is 1. The Labute approximate surface area is 156 Å². The van der Waals surface area contributed by atoms with Crippen LogP contribution in [0.15, 0.2) is 64.4 Å². The Hall–Kier alpha value is -3.29. The first-order chi connectivity index (χ1) is 12.0.